The van der Waals surface area contributed by atoms with E-state index in [-0.39, 0.29) is 11.9 Å². The molecule has 29 heavy (non-hydrogen) atoms. The molecular formula is C22H24ClN3O2S. The van der Waals surface area contributed by atoms with Gasteiger partial charge in [-0.2, -0.15) is 0 Å². The summed E-state index contributed by atoms with van der Waals surface area (Å²) < 4.78 is 5.95. The molecule has 2 saturated heterocycles. The quantitative estimate of drug-likeness (QED) is 0.579. The number of nitrogens with zero attached hydrogens (tertiary/aromatic N) is 3. The van der Waals surface area contributed by atoms with Crippen molar-refractivity contribution in [1.82, 2.24) is 14.8 Å². The number of rotatable bonds is 4. The van der Waals surface area contributed by atoms with Gasteiger partial charge in [0, 0.05) is 22.4 Å². The van der Waals surface area contributed by atoms with E-state index < -0.39 is 0 Å². The number of aromatic nitrogens is 1. The number of fused-ring (bicyclic) bond motifs is 1. The summed E-state index contributed by atoms with van der Waals surface area (Å²) in [4.78, 5) is 23.3. The number of hydrogen-bond donors (Lipinski definition) is 0. The van der Waals surface area contributed by atoms with Crippen LogP contribution in [0.15, 0.2) is 40.1 Å². The lowest BCUT2D eigenvalue weighted by Gasteiger charge is -2.32. The topological polar surface area (TPSA) is 49.6 Å². The molecule has 0 aliphatic carbocycles. The zero-order valence-electron chi connectivity index (χ0n) is 16.2. The van der Waals surface area contributed by atoms with Crippen LogP contribution in [0.3, 0.4) is 0 Å². The Morgan fingerprint density at radius 1 is 1.21 bits per heavy atom. The van der Waals surface area contributed by atoms with Gasteiger partial charge in [-0.25, -0.2) is 4.98 Å². The summed E-state index contributed by atoms with van der Waals surface area (Å²) in [5.41, 5.74) is 1.61. The van der Waals surface area contributed by atoms with Crippen LogP contribution in [0.5, 0.6) is 0 Å². The molecule has 4 heterocycles. The van der Waals surface area contributed by atoms with E-state index in [0.29, 0.717) is 17.5 Å². The van der Waals surface area contributed by atoms with Crippen LogP contribution in [0.1, 0.15) is 48.4 Å². The molecule has 0 bridgehead atoms. The van der Waals surface area contributed by atoms with Crippen LogP contribution in [-0.4, -0.2) is 46.9 Å². The fourth-order valence-corrected chi connectivity index (χ4v) is 5.59. The SMILES string of the molecule is O=C(CN1CCC(c2nc3cc(Cl)ccc3o2)CC1)N1CCCC1c1cccs1. The summed E-state index contributed by atoms with van der Waals surface area (Å²) in [7, 11) is 0. The number of halogens is 1. The minimum Gasteiger partial charge on any atom is -0.440 e. The molecule has 7 heteroatoms. The second kappa shape index (κ2) is 8.09. The van der Waals surface area contributed by atoms with Crippen LogP contribution < -0.4 is 0 Å². The highest BCUT2D eigenvalue weighted by atomic mass is 35.5. The molecule has 5 nitrogen and oxygen atoms in total. The summed E-state index contributed by atoms with van der Waals surface area (Å²) in [5.74, 6) is 1.36. The van der Waals surface area contributed by atoms with Crippen molar-refractivity contribution in [3.05, 3.63) is 51.5 Å². The van der Waals surface area contributed by atoms with Gasteiger partial charge in [0.05, 0.1) is 12.6 Å². The lowest BCUT2D eigenvalue weighted by molar-refractivity contribution is -0.133. The monoisotopic (exact) mass is 429 g/mol. The summed E-state index contributed by atoms with van der Waals surface area (Å²) in [6, 6.07) is 10.0. The second-order valence-electron chi connectivity index (χ2n) is 7.98. The number of oxazole rings is 1. The maximum Gasteiger partial charge on any atom is 0.237 e. The first-order valence-corrected chi connectivity index (χ1v) is 11.5. The Kier molecular flexibility index (Phi) is 5.33. The first-order chi connectivity index (χ1) is 14.2. The number of carbonyl (C=O) groups is 1. The number of thiophene rings is 1. The van der Waals surface area contributed by atoms with Crippen molar-refractivity contribution in [2.75, 3.05) is 26.2 Å². The number of benzene rings is 1. The first-order valence-electron chi connectivity index (χ1n) is 10.3. The van der Waals surface area contributed by atoms with Gasteiger partial charge in [0.1, 0.15) is 5.52 Å². The van der Waals surface area contributed by atoms with Gasteiger partial charge >= 0.3 is 0 Å². The van der Waals surface area contributed by atoms with E-state index in [1.54, 1.807) is 11.3 Å². The van der Waals surface area contributed by atoms with Crippen molar-refractivity contribution in [3.8, 4) is 0 Å². The second-order valence-corrected chi connectivity index (χ2v) is 9.39. The minimum absolute atomic E-state index is 0.260. The van der Waals surface area contributed by atoms with Gasteiger partial charge < -0.3 is 9.32 Å². The molecule has 2 aromatic heterocycles. The van der Waals surface area contributed by atoms with Crippen LogP contribution in [0.4, 0.5) is 0 Å². The fourth-order valence-electron chi connectivity index (χ4n) is 4.56. The molecular weight excluding hydrogens is 406 g/mol. The van der Waals surface area contributed by atoms with E-state index in [1.807, 2.05) is 18.2 Å². The highest BCUT2D eigenvalue weighted by Gasteiger charge is 2.32. The van der Waals surface area contributed by atoms with Crippen LogP contribution in [0.2, 0.25) is 5.02 Å². The average Bonchev–Trinajstić information content (AvgIpc) is 3.47. The molecule has 0 radical (unpaired) electrons. The summed E-state index contributed by atoms with van der Waals surface area (Å²) in [6.45, 7) is 3.18. The summed E-state index contributed by atoms with van der Waals surface area (Å²) in [6.07, 6.45) is 4.10. The molecule has 1 aromatic carbocycles. The molecule has 2 aliphatic heterocycles. The van der Waals surface area contributed by atoms with Crippen molar-refractivity contribution in [3.63, 3.8) is 0 Å². The van der Waals surface area contributed by atoms with E-state index in [9.17, 15) is 4.79 Å². The molecule has 2 aliphatic rings. The number of hydrogen-bond acceptors (Lipinski definition) is 5. The molecule has 0 N–H and O–H groups in total. The third-order valence-electron chi connectivity index (χ3n) is 6.11. The highest BCUT2D eigenvalue weighted by molar-refractivity contribution is 7.10. The normalized spacial score (nSPS) is 21.3. The molecule has 5 rings (SSSR count). The lowest BCUT2D eigenvalue weighted by Crippen LogP contribution is -2.42. The van der Waals surface area contributed by atoms with Crippen LogP contribution >= 0.6 is 22.9 Å². The number of piperidine rings is 1. The van der Waals surface area contributed by atoms with Gasteiger partial charge in [0.25, 0.3) is 0 Å². The summed E-state index contributed by atoms with van der Waals surface area (Å²) in [5, 5.41) is 2.77. The van der Waals surface area contributed by atoms with Gasteiger partial charge in [-0.1, -0.05) is 17.7 Å². The Morgan fingerprint density at radius 2 is 2.07 bits per heavy atom. The Labute approximate surface area is 179 Å². The molecule has 0 saturated carbocycles. The van der Waals surface area contributed by atoms with E-state index in [4.69, 9.17) is 16.0 Å². The fraction of sp³-hybridized carbons (Fsp3) is 0.455. The maximum absolute atomic E-state index is 13.0. The standard InChI is InChI=1S/C22H24ClN3O2S/c23-16-5-6-19-17(13-16)24-22(28-19)15-7-10-25(11-8-15)14-21(27)26-9-1-3-18(26)20-4-2-12-29-20/h2,4-6,12-13,15,18H,1,3,7-11,14H2. The predicted octanol–water partition coefficient (Wildman–Crippen LogP) is 5.09. The van der Waals surface area contributed by atoms with Crippen molar-refractivity contribution < 1.29 is 9.21 Å². The van der Waals surface area contributed by atoms with E-state index in [1.165, 1.54) is 4.88 Å². The Bertz CT molecular complexity index is 995. The number of carbonyl (C=O) groups excluding carboxylic acids is 1. The van der Waals surface area contributed by atoms with Crippen molar-refractivity contribution >= 4 is 39.9 Å². The zero-order chi connectivity index (χ0) is 19.8. The van der Waals surface area contributed by atoms with Gasteiger partial charge in [-0.3, -0.25) is 9.69 Å². The number of likely N-dealkylation sites (tertiary alicyclic amines) is 2. The smallest absolute Gasteiger partial charge is 0.237 e. The lowest BCUT2D eigenvalue weighted by atomic mass is 9.97. The van der Waals surface area contributed by atoms with Crippen molar-refractivity contribution in [1.29, 1.82) is 0 Å². The van der Waals surface area contributed by atoms with Crippen molar-refractivity contribution in [2.45, 2.75) is 37.6 Å². The van der Waals surface area contributed by atoms with Gasteiger partial charge in [0.2, 0.25) is 5.91 Å². The summed E-state index contributed by atoms with van der Waals surface area (Å²) >= 11 is 7.81. The first kappa shape index (κ1) is 19.1. The maximum atomic E-state index is 13.0. The molecule has 1 unspecified atom stereocenters. The van der Waals surface area contributed by atoms with Crippen LogP contribution in [0.25, 0.3) is 11.1 Å². The van der Waals surface area contributed by atoms with Crippen LogP contribution in [0, 0.1) is 0 Å². The minimum atomic E-state index is 0.260. The molecule has 3 aromatic rings. The Hall–Kier alpha value is -1.89. The van der Waals surface area contributed by atoms with E-state index >= 15 is 0 Å². The highest BCUT2D eigenvalue weighted by Crippen LogP contribution is 2.35. The molecule has 152 valence electrons. The predicted molar refractivity (Wildman–Crippen MR) is 115 cm³/mol. The van der Waals surface area contributed by atoms with E-state index in [2.05, 4.69) is 32.3 Å². The van der Waals surface area contributed by atoms with Gasteiger partial charge in [-0.05, 0) is 68.4 Å². The Morgan fingerprint density at radius 3 is 2.86 bits per heavy atom. The van der Waals surface area contributed by atoms with Crippen LogP contribution in [-0.2, 0) is 4.79 Å². The molecule has 2 fully saturated rings. The van der Waals surface area contributed by atoms with E-state index in [0.717, 1.165) is 62.3 Å². The Balaban J connectivity index is 1.19. The molecule has 1 atom stereocenters. The van der Waals surface area contributed by atoms with Crippen molar-refractivity contribution in [2.24, 2.45) is 0 Å². The zero-order valence-corrected chi connectivity index (χ0v) is 17.8. The molecule has 1 amide bonds. The third-order valence-corrected chi connectivity index (χ3v) is 7.32. The third kappa shape index (κ3) is 3.93. The average molecular weight is 430 g/mol. The number of amides is 1. The van der Waals surface area contributed by atoms with Gasteiger partial charge in [0.15, 0.2) is 11.5 Å². The van der Waals surface area contributed by atoms with Gasteiger partial charge in [-0.15, -0.1) is 11.3 Å². The molecule has 0 spiro atoms. The largest absolute Gasteiger partial charge is 0.440 e.